The van der Waals surface area contributed by atoms with E-state index in [-0.39, 0.29) is 23.9 Å². The van der Waals surface area contributed by atoms with Crippen molar-refractivity contribution in [1.82, 2.24) is 4.90 Å². The van der Waals surface area contributed by atoms with Gasteiger partial charge in [-0.3, -0.25) is 4.79 Å². The van der Waals surface area contributed by atoms with Crippen LogP contribution in [0.4, 0.5) is 4.39 Å². The molecule has 0 spiro atoms. The number of nitrogens with zero attached hydrogens (tertiary/aromatic N) is 1. The number of amides is 1. The summed E-state index contributed by atoms with van der Waals surface area (Å²) in [6, 6.07) is 13.1. The van der Waals surface area contributed by atoms with E-state index in [0.29, 0.717) is 18.7 Å². The maximum absolute atomic E-state index is 13.1. The molecule has 0 atom stereocenters. The molecule has 0 saturated heterocycles. The van der Waals surface area contributed by atoms with Gasteiger partial charge in [0.15, 0.2) is 0 Å². The lowest BCUT2D eigenvalue weighted by Gasteiger charge is -2.23. The molecule has 0 heterocycles. The van der Waals surface area contributed by atoms with Crippen molar-refractivity contribution in [3.63, 3.8) is 0 Å². The Kier molecular flexibility index (Phi) is 6.79. The number of carbonyl (C=O) groups excluding carboxylic acids is 1. The monoisotopic (exact) mass is 329 g/mol. The fourth-order valence-electron chi connectivity index (χ4n) is 2.59. The van der Waals surface area contributed by atoms with Crippen molar-refractivity contribution in [2.45, 2.75) is 39.2 Å². The van der Waals surface area contributed by atoms with E-state index in [1.165, 1.54) is 12.1 Å². The molecule has 128 valence electrons. The Hall–Kier alpha value is -2.36. The highest BCUT2D eigenvalue weighted by Crippen LogP contribution is 2.18. The lowest BCUT2D eigenvalue weighted by Crippen LogP contribution is -2.32. The van der Waals surface area contributed by atoms with Crippen molar-refractivity contribution in [2.75, 3.05) is 6.54 Å². The maximum atomic E-state index is 13.1. The van der Waals surface area contributed by atoms with Gasteiger partial charge >= 0.3 is 0 Å². The molecule has 0 bridgehead atoms. The summed E-state index contributed by atoms with van der Waals surface area (Å²) in [6.07, 6.45) is 3.24. The van der Waals surface area contributed by atoms with Gasteiger partial charge in [0, 0.05) is 18.7 Å². The highest BCUT2D eigenvalue weighted by Gasteiger charge is 2.16. The Balaban J connectivity index is 2.07. The van der Waals surface area contributed by atoms with Crippen molar-refractivity contribution in [2.24, 2.45) is 0 Å². The summed E-state index contributed by atoms with van der Waals surface area (Å²) in [5.41, 5.74) is 1.53. The summed E-state index contributed by atoms with van der Waals surface area (Å²) in [4.78, 5) is 14.5. The largest absolute Gasteiger partial charge is 0.508 e. The van der Waals surface area contributed by atoms with Crippen LogP contribution in [0.2, 0.25) is 0 Å². The van der Waals surface area contributed by atoms with Crippen molar-refractivity contribution in [3.05, 3.63) is 65.5 Å². The Labute approximate surface area is 142 Å². The van der Waals surface area contributed by atoms with Crippen LogP contribution in [-0.4, -0.2) is 22.5 Å². The fraction of sp³-hybridized carbons (Fsp3) is 0.350. The number of hydrogen-bond acceptors (Lipinski definition) is 2. The molecule has 2 aromatic carbocycles. The minimum absolute atomic E-state index is 0.0306. The number of para-hydroxylation sites is 1. The average molecular weight is 329 g/mol. The third-order valence-corrected chi connectivity index (χ3v) is 4.00. The molecular weight excluding hydrogens is 305 g/mol. The van der Waals surface area contributed by atoms with Gasteiger partial charge in [0.25, 0.3) is 0 Å². The lowest BCUT2D eigenvalue weighted by atomic mass is 10.1. The average Bonchev–Trinajstić information content (AvgIpc) is 2.58. The SMILES string of the molecule is CCCCCN(Cc1ccc(F)cc1)C(=O)Cc1ccccc1O. The molecule has 2 aromatic rings. The van der Waals surface area contributed by atoms with Crippen LogP contribution in [0.1, 0.15) is 37.3 Å². The first-order chi connectivity index (χ1) is 11.6. The summed E-state index contributed by atoms with van der Waals surface area (Å²) in [7, 11) is 0. The zero-order valence-electron chi connectivity index (χ0n) is 14.0. The van der Waals surface area contributed by atoms with Crippen LogP contribution in [0.3, 0.4) is 0 Å². The predicted molar refractivity (Wildman–Crippen MR) is 93.2 cm³/mol. The molecule has 24 heavy (non-hydrogen) atoms. The molecule has 0 saturated carbocycles. The van der Waals surface area contributed by atoms with Crippen molar-refractivity contribution < 1.29 is 14.3 Å². The molecule has 0 unspecified atom stereocenters. The second kappa shape index (κ2) is 9.06. The number of phenols is 1. The fourth-order valence-corrected chi connectivity index (χ4v) is 2.59. The zero-order valence-corrected chi connectivity index (χ0v) is 14.0. The number of hydrogen-bond donors (Lipinski definition) is 1. The van der Waals surface area contributed by atoms with Crippen molar-refractivity contribution in [3.8, 4) is 5.75 Å². The summed E-state index contributed by atoms with van der Waals surface area (Å²) in [5, 5.41) is 9.86. The molecule has 0 aliphatic rings. The number of aromatic hydroxyl groups is 1. The number of halogens is 1. The maximum Gasteiger partial charge on any atom is 0.227 e. The quantitative estimate of drug-likeness (QED) is 0.734. The van der Waals surface area contributed by atoms with Gasteiger partial charge in [-0.05, 0) is 30.2 Å². The number of carbonyl (C=O) groups is 1. The highest BCUT2D eigenvalue weighted by atomic mass is 19.1. The molecule has 0 aliphatic heterocycles. The minimum atomic E-state index is -0.281. The summed E-state index contributed by atoms with van der Waals surface area (Å²) >= 11 is 0. The molecule has 3 nitrogen and oxygen atoms in total. The smallest absolute Gasteiger partial charge is 0.227 e. The minimum Gasteiger partial charge on any atom is -0.508 e. The highest BCUT2D eigenvalue weighted by molar-refractivity contribution is 5.79. The van der Waals surface area contributed by atoms with Gasteiger partial charge in [0.05, 0.1) is 6.42 Å². The first kappa shape index (κ1) is 18.0. The van der Waals surface area contributed by atoms with Gasteiger partial charge in [-0.2, -0.15) is 0 Å². The van der Waals surface area contributed by atoms with Gasteiger partial charge in [-0.15, -0.1) is 0 Å². The molecule has 1 amide bonds. The number of benzene rings is 2. The molecule has 0 radical (unpaired) electrons. The summed E-state index contributed by atoms with van der Waals surface area (Å²) in [5.74, 6) is -0.171. The van der Waals surface area contributed by atoms with Crippen LogP contribution in [0.15, 0.2) is 48.5 Å². The third-order valence-electron chi connectivity index (χ3n) is 4.00. The van der Waals surface area contributed by atoms with E-state index in [4.69, 9.17) is 0 Å². The van der Waals surface area contributed by atoms with Crippen LogP contribution in [0.5, 0.6) is 5.75 Å². The van der Waals surface area contributed by atoms with Gasteiger partial charge in [0.1, 0.15) is 11.6 Å². The van der Waals surface area contributed by atoms with E-state index < -0.39 is 0 Å². The molecule has 4 heteroatoms. The third kappa shape index (κ3) is 5.37. The van der Waals surface area contributed by atoms with E-state index in [1.807, 2.05) is 6.07 Å². The first-order valence-corrected chi connectivity index (χ1v) is 8.39. The zero-order chi connectivity index (χ0) is 17.4. The first-order valence-electron chi connectivity index (χ1n) is 8.39. The van der Waals surface area contributed by atoms with E-state index >= 15 is 0 Å². The normalized spacial score (nSPS) is 10.6. The van der Waals surface area contributed by atoms with Gasteiger partial charge in [0.2, 0.25) is 5.91 Å². The number of unbranched alkanes of at least 4 members (excludes halogenated alkanes) is 2. The van der Waals surface area contributed by atoms with E-state index in [1.54, 1.807) is 35.2 Å². The number of phenolic OH excluding ortho intramolecular Hbond substituents is 1. The Bertz CT molecular complexity index is 655. The summed E-state index contributed by atoms with van der Waals surface area (Å²) < 4.78 is 13.1. The van der Waals surface area contributed by atoms with Crippen LogP contribution in [0.25, 0.3) is 0 Å². The van der Waals surface area contributed by atoms with E-state index in [0.717, 1.165) is 24.8 Å². The topological polar surface area (TPSA) is 40.5 Å². The molecule has 0 fully saturated rings. The molecular formula is C20H24FNO2. The van der Waals surface area contributed by atoms with Crippen LogP contribution >= 0.6 is 0 Å². The second-order valence-corrected chi connectivity index (χ2v) is 5.95. The van der Waals surface area contributed by atoms with E-state index in [2.05, 4.69) is 6.92 Å². The number of rotatable bonds is 8. The Morgan fingerprint density at radius 3 is 2.46 bits per heavy atom. The summed E-state index contributed by atoms with van der Waals surface area (Å²) in [6.45, 7) is 3.24. The predicted octanol–water partition coefficient (Wildman–Crippen LogP) is 4.29. The van der Waals surface area contributed by atoms with Crippen LogP contribution < -0.4 is 0 Å². The molecule has 1 N–H and O–H groups in total. The van der Waals surface area contributed by atoms with Crippen molar-refractivity contribution >= 4 is 5.91 Å². The lowest BCUT2D eigenvalue weighted by molar-refractivity contribution is -0.131. The Morgan fingerprint density at radius 1 is 1.08 bits per heavy atom. The Morgan fingerprint density at radius 2 is 1.79 bits per heavy atom. The standard InChI is InChI=1S/C20H24FNO2/c1-2-3-6-13-22(15-16-9-11-18(21)12-10-16)20(24)14-17-7-4-5-8-19(17)23/h4-5,7-12,23H,2-3,6,13-15H2,1H3. The van der Waals surface area contributed by atoms with Gasteiger partial charge in [-0.1, -0.05) is 50.1 Å². The molecule has 2 rings (SSSR count). The van der Waals surface area contributed by atoms with Gasteiger partial charge < -0.3 is 10.0 Å². The second-order valence-electron chi connectivity index (χ2n) is 5.95. The van der Waals surface area contributed by atoms with Crippen LogP contribution in [0, 0.1) is 5.82 Å². The van der Waals surface area contributed by atoms with Crippen molar-refractivity contribution in [1.29, 1.82) is 0 Å². The van der Waals surface area contributed by atoms with E-state index in [9.17, 15) is 14.3 Å². The molecule has 0 aromatic heterocycles. The van der Waals surface area contributed by atoms with Crippen LogP contribution in [-0.2, 0) is 17.8 Å². The molecule has 0 aliphatic carbocycles. The van der Waals surface area contributed by atoms with Gasteiger partial charge in [-0.25, -0.2) is 4.39 Å².